The molecule has 0 atom stereocenters. The number of ether oxygens (including phenoxy) is 1. The molecule has 0 aliphatic carbocycles. The quantitative estimate of drug-likeness (QED) is 0.546. The molecule has 3 aromatic rings. The third-order valence-corrected chi connectivity index (χ3v) is 4.22. The molecule has 3 rings (SSSR count). The predicted molar refractivity (Wildman–Crippen MR) is 103 cm³/mol. The van der Waals surface area contributed by atoms with Crippen molar-refractivity contribution in [3.63, 3.8) is 0 Å². The lowest BCUT2D eigenvalue weighted by molar-refractivity contribution is 0.146. The molecular formula is C21H18BrNO2. The summed E-state index contributed by atoms with van der Waals surface area (Å²) in [6.07, 6.45) is -0.370. The van der Waals surface area contributed by atoms with E-state index in [1.165, 1.54) is 0 Å². The summed E-state index contributed by atoms with van der Waals surface area (Å²) in [5.74, 6) is 0. The van der Waals surface area contributed by atoms with E-state index in [1.54, 1.807) is 4.90 Å². The van der Waals surface area contributed by atoms with E-state index in [4.69, 9.17) is 4.74 Å². The summed E-state index contributed by atoms with van der Waals surface area (Å²) in [5.41, 5.74) is 2.79. The number of hydrogen-bond acceptors (Lipinski definition) is 2. The first-order valence-corrected chi connectivity index (χ1v) is 8.79. The van der Waals surface area contributed by atoms with Gasteiger partial charge in [-0.05, 0) is 29.3 Å². The molecule has 1 amide bonds. The molecule has 0 spiro atoms. The third-order valence-electron chi connectivity index (χ3n) is 3.73. The highest BCUT2D eigenvalue weighted by Gasteiger charge is 2.18. The lowest BCUT2D eigenvalue weighted by Crippen LogP contribution is -2.31. The maximum atomic E-state index is 12.7. The van der Waals surface area contributed by atoms with Gasteiger partial charge in [-0.3, -0.25) is 4.90 Å². The van der Waals surface area contributed by atoms with Crippen LogP contribution < -0.4 is 4.90 Å². The van der Waals surface area contributed by atoms with Crippen LogP contribution in [0.2, 0.25) is 0 Å². The first-order chi connectivity index (χ1) is 12.2. The van der Waals surface area contributed by atoms with Gasteiger partial charge in [0.05, 0.1) is 6.54 Å². The van der Waals surface area contributed by atoms with Crippen LogP contribution in [0.4, 0.5) is 10.5 Å². The normalized spacial score (nSPS) is 10.3. The number of nitrogens with zero attached hydrogens (tertiary/aromatic N) is 1. The summed E-state index contributed by atoms with van der Waals surface area (Å²) in [6.45, 7) is 0.698. The molecule has 4 heteroatoms. The summed E-state index contributed by atoms with van der Waals surface area (Å²) >= 11 is 3.46. The molecule has 0 aliphatic heterocycles. The summed E-state index contributed by atoms with van der Waals surface area (Å²) in [4.78, 5) is 14.4. The summed E-state index contributed by atoms with van der Waals surface area (Å²) in [5, 5.41) is 0. The Morgan fingerprint density at radius 2 is 1.48 bits per heavy atom. The molecule has 0 N–H and O–H groups in total. The molecule has 0 saturated heterocycles. The minimum Gasteiger partial charge on any atom is -0.444 e. The molecule has 3 aromatic carbocycles. The Balaban J connectivity index is 1.78. The second kappa shape index (κ2) is 8.49. The van der Waals surface area contributed by atoms with Crippen LogP contribution in [0.25, 0.3) is 0 Å². The Kier molecular flexibility index (Phi) is 5.86. The van der Waals surface area contributed by atoms with Crippen LogP contribution in [0.5, 0.6) is 0 Å². The molecule has 0 aromatic heterocycles. The van der Waals surface area contributed by atoms with Crippen molar-refractivity contribution in [2.45, 2.75) is 13.2 Å². The topological polar surface area (TPSA) is 29.5 Å². The number of amides is 1. The highest BCUT2D eigenvalue weighted by atomic mass is 79.9. The van der Waals surface area contributed by atoms with E-state index in [9.17, 15) is 4.79 Å². The van der Waals surface area contributed by atoms with Crippen molar-refractivity contribution >= 4 is 27.7 Å². The first-order valence-electron chi connectivity index (χ1n) is 8.00. The van der Waals surface area contributed by atoms with E-state index >= 15 is 0 Å². The Morgan fingerprint density at radius 3 is 2.12 bits per heavy atom. The van der Waals surface area contributed by atoms with Gasteiger partial charge in [0, 0.05) is 10.2 Å². The Morgan fingerprint density at radius 1 is 0.840 bits per heavy atom. The summed E-state index contributed by atoms with van der Waals surface area (Å²) in [6, 6.07) is 27.2. The zero-order valence-corrected chi connectivity index (χ0v) is 15.2. The molecule has 126 valence electrons. The largest absolute Gasteiger partial charge is 0.444 e. The summed E-state index contributed by atoms with van der Waals surface area (Å²) < 4.78 is 6.44. The molecular weight excluding hydrogens is 378 g/mol. The molecule has 0 saturated carbocycles. The van der Waals surface area contributed by atoms with Crippen molar-refractivity contribution in [1.82, 2.24) is 0 Å². The van der Waals surface area contributed by atoms with Crippen molar-refractivity contribution in [2.24, 2.45) is 0 Å². The van der Waals surface area contributed by atoms with Crippen molar-refractivity contribution in [3.05, 3.63) is 101 Å². The molecule has 0 unspecified atom stereocenters. The number of rotatable bonds is 5. The molecule has 0 heterocycles. The highest BCUT2D eigenvalue weighted by Crippen LogP contribution is 2.23. The number of benzene rings is 3. The van der Waals surface area contributed by atoms with Gasteiger partial charge in [-0.1, -0.05) is 82.7 Å². The highest BCUT2D eigenvalue weighted by molar-refractivity contribution is 9.10. The van der Waals surface area contributed by atoms with Crippen LogP contribution in [0, 0.1) is 0 Å². The van der Waals surface area contributed by atoms with Crippen LogP contribution in [0.1, 0.15) is 11.1 Å². The first kappa shape index (κ1) is 17.2. The van der Waals surface area contributed by atoms with E-state index in [-0.39, 0.29) is 12.7 Å². The maximum absolute atomic E-state index is 12.7. The fourth-order valence-corrected chi connectivity index (χ4v) is 2.86. The smallest absolute Gasteiger partial charge is 0.414 e. The average Bonchev–Trinajstić information content (AvgIpc) is 2.66. The number of carbonyl (C=O) groups excluding carboxylic acids is 1. The lowest BCUT2D eigenvalue weighted by Gasteiger charge is -2.22. The minimum atomic E-state index is -0.370. The molecule has 25 heavy (non-hydrogen) atoms. The van der Waals surface area contributed by atoms with Gasteiger partial charge >= 0.3 is 6.09 Å². The second-order valence-corrected chi connectivity index (χ2v) is 6.51. The molecule has 0 fully saturated rings. The van der Waals surface area contributed by atoms with Gasteiger partial charge < -0.3 is 4.74 Å². The van der Waals surface area contributed by atoms with Gasteiger partial charge in [-0.25, -0.2) is 4.79 Å². The molecule has 0 aliphatic rings. The van der Waals surface area contributed by atoms with Gasteiger partial charge in [0.25, 0.3) is 0 Å². The zero-order valence-electron chi connectivity index (χ0n) is 13.6. The minimum absolute atomic E-state index is 0.249. The van der Waals surface area contributed by atoms with Crippen LogP contribution >= 0.6 is 15.9 Å². The van der Waals surface area contributed by atoms with Crippen molar-refractivity contribution in [1.29, 1.82) is 0 Å². The Bertz CT molecular complexity index is 822. The van der Waals surface area contributed by atoms with Crippen LogP contribution in [-0.2, 0) is 17.9 Å². The maximum Gasteiger partial charge on any atom is 0.414 e. The average molecular weight is 396 g/mol. The number of halogens is 1. The van der Waals surface area contributed by atoms with Crippen molar-refractivity contribution < 1.29 is 9.53 Å². The summed E-state index contributed by atoms with van der Waals surface area (Å²) in [7, 11) is 0. The Hall–Kier alpha value is -2.59. The van der Waals surface area contributed by atoms with E-state index < -0.39 is 0 Å². The van der Waals surface area contributed by atoms with E-state index in [0.29, 0.717) is 6.54 Å². The van der Waals surface area contributed by atoms with E-state index in [0.717, 1.165) is 21.3 Å². The van der Waals surface area contributed by atoms with Gasteiger partial charge in [0.15, 0.2) is 0 Å². The third kappa shape index (κ3) is 4.94. The monoisotopic (exact) mass is 395 g/mol. The fraction of sp³-hybridized carbons (Fsp3) is 0.0952. The molecule has 3 nitrogen and oxygen atoms in total. The van der Waals surface area contributed by atoms with Crippen molar-refractivity contribution in [2.75, 3.05) is 4.90 Å². The molecule has 0 bridgehead atoms. The zero-order chi connectivity index (χ0) is 17.5. The number of carbonyl (C=O) groups is 1. The van der Waals surface area contributed by atoms with Gasteiger partial charge in [0.1, 0.15) is 6.61 Å². The van der Waals surface area contributed by atoms with Crippen LogP contribution in [0.15, 0.2) is 89.4 Å². The van der Waals surface area contributed by atoms with Gasteiger partial charge in [-0.15, -0.1) is 0 Å². The van der Waals surface area contributed by atoms with Gasteiger partial charge in [0.2, 0.25) is 0 Å². The lowest BCUT2D eigenvalue weighted by atomic mass is 10.2. The number of hydrogen-bond donors (Lipinski definition) is 0. The van der Waals surface area contributed by atoms with Gasteiger partial charge in [-0.2, -0.15) is 0 Å². The van der Waals surface area contributed by atoms with E-state index in [1.807, 2.05) is 84.9 Å². The SMILES string of the molecule is O=C(OCc1ccccc1)N(Cc1ccccc1)c1cccc(Br)c1. The fourth-order valence-electron chi connectivity index (χ4n) is 2.47. The van der Waals surface area contributed by atoms with Crippen molar-refractivity contribution in [3.8, 4) is 0 Å². The van der Waals surface area contributed by atoms with Crippen LogP contribution in [-0.4, -0.2) is 6.09 Å². The Labute approximate surface area is 156 Å². The number of anilines is 1. The molecule has 0 radical (unpaired) electrons. The predicted octanol–water partition coefficient (Wildman–Crippen LogP) is 5.79. The standard InChI is InChI=1S/C21H18BrNO2/c22-19-12-7-13-20(14-19)23(15-17-8-3-1-4-9-17)21(24)25-16-18-10-5-2-6-11-18/h1-14H,15-16H2. The van der Waals surface area contributed by atoms with E-state index in [2.05, 4.69) is 15.9 Å². The second-order valence-electron chi connectivity index (χ2n) is 5.59. The van der Waals surface area contributed by atoms with Crippen LogP contribution in [0.3, 0.4) is 0 Å².